The third-order valence-corrected chi connectivity index (χ3v) is 0.671. The standard InChI is InChI=1S/C5H13N.C4H10.C2H6/c1-4-5-6(2)3;1-4(2)3;1-2/h4-5H2,1-3H3;4H,1-3H3;1-2H3. The lowest BCUT2D eigenvalue weighted by Crippen LogP contribution is -2.11. The molecule has 78 valence electrons. The van der Waals surface area contributed by atoms with Crippen molar-refractivity contribution in [3.05, 3.63) is 0 Å². The second kappa shape index (κ2) is 17.2. The van der Waals surface area contributed by atoms with Crippen molar-refractivity contribution >= 4 is 0 Å². The Hall–Kier alpha value is -0.0400. The Morgan fingerprint density at radius 3 is 1.25 bits per heavy atom. The Bertz CT molecular complexity index is 46.2. The molecule has 0 saturated carbocycles. The van der Waals surface area contributed by atoms with Crippen LogP contribution in [0.4, 0.5) is 0 Å². The second-order valence-electron chi connectivity index (χ2n) is 3.54. The maximum Gasteiger partial charge on any atom is -0.00275 e. The third kappa shape index (κ3) is 91.3. The highest BCUT2D eigenvalue weighted by Crippen LogP contribution is 1.81. The molecule has 0 bridgehead atoms. The molecule has 0 aromatic heterocycles. The van der Waals surface area contributed by atoms with E-state index in [9.17, 15) is 0 Å². The lowest BCUT2D eigenvalue weighted by molar-refractivity contribution is 0.408. The van der Waals surface area contributed by atoms with E-state index >= 15 is 0 Å². The molecular weight excluding hydrogens is 146 g/mol. The number of nitrogens with zero attached hydrogens (tertiary/aromatic N) is 1. The molecule has 0 aromatic carbocycles. The molecule has 1 nitrogen and oxygen atoms in total. The molecule has 0 heterocycles. The van der Waals surface area contributed by atoms with Gasteiger partial charge in [-0.15, -0.1) is 0 Å². The molecule has 0 amide bonds. The van der Waals surface area contributed by atoms with Crippen molar-refractivity contribution in [1.82, 2.24) is 4.90 Å². The highest BCUT2D eigenvalue weighted by molar-refractivity contribution is 4.34. The largest absolute Gasteiger partial charge is 0.309 e. The summed E-state index contributed by atoms with van der Waals surface area (Å²) in [6.45, 7) is 13.9. The molecule has 0 rings (SSSR count). The lowest BCUT2D eigenvalue weighted by atomic mass is 10.3. The first-order valence-electron chi connectivity index (χ1n) is 5.15. The fraction of sp³-hybridized carbons (Fsp3) is 1.00. The van der Waals surface area contributed by atoms with Gasteiger partial charge in [-0.05, 0) is 33.0 Å². The van der Waals surface area contributed by atoms with Gasteiger partial charge in [0, 0.05) is 0 Å². The summed E-state index contributed by atoms with van der Waals surface area (Å²) in [5.74, 6) is 0.833. The average Bonchev–Trinajstić information content (AvgIpc) is 1.90. The molecule has 0 aliphatic rings. The van der Waals surface area contributed by atoms with Gasteiger partial charge in [-0.3, -0.25) is 0 Å². The van der Waals surface area contributed by atoms with Crippen molar-refractivity contribution in [2.24, 2.45) is 5.92 Å². The van der Waals surface area contributed by atoms with Crippen LogP contribution in [0.5, 0.6) is 0 Å². The zero-order chi connectivity index (χ0) is 10.6. The molecule has 0 aliphatic carbocycles. The van der Waals surface area contributed by atoms with Gasteiger partial charge in [-0.25, -0.2) is 0 Å². The van der Waals surface area contributed by atoms with Gasteiger partial charge in [0.2, 0.25) is 0 Å². The van der Waals surface area contributed by atoms with E-state index in [0.29, 0.717) is 0 Å². The smallest absolute Gasteiger partial charge is 0.00275 e. The number of hydrogen-bond acceptors (Lipinski definition) is 1. The van der Waals surface area contributed by atoms with E-state index in [4.69, 9.17) is 0 Å². The van der Waals surface area contributed by atoms with Gasteiger partial charge in [0.05, 0.1) is 0 Å². The van der Waals surface area contributed by atoms with Crippen molar-refractivity contribution in [2.45, 2.75) is 48.0 Å². The zero-order valence-electron chi connectivity index (χ0n) is 10.4. The fourth-order valence-electron chi connectivity index (χ4n) is 0.447. The Morgan fingerprint density at radius 1 is 1.00 bits per heavy atom. The van der Waals surface area contributed by atoms with Gasteiger partial charge in [0.15, 0.2) is 0 Å². The predicted molar refractivity (Wildman–Crippen MR) is 60.7 cm³/mol. The highest BCUT2D eigenvalue weighted by atomic mass is 15.0. The Kier molecular flexibility index (Phi) is 25.6. The summed E-state index contributed by atoms with van der Waals surface area (Å²) in [7, 11) is 4.17. The van der Waals surface area contributed by atoms with Crippen LogP contribution in [0.3, 0.4) is 0 Å². The molecule has 0 aromatic rings. The van der Waals surface area contributed by atoms with Crippen molar-refractivity contribution in [1.29, 1.82) is 0 Å². The molecule has 0 aliphatic heterocycles. The van der Waals surface area contributed by atoms with Gasteiger partial charge in [-0.1, -0.05) is 41.5 Å². The van der Waals surface area contributed by atoms with Gasteiger partial charge in [0.1, 0.15) is 0 Å². The summed E-state index contributed by atoms with van der Waals surface area (Å²) in [5.41, 5.74) is 0. The van der Waals surface area contributed by atoms with Crippen LogP contribution < -0.4 is 0 Å². The van der Waals surface area contributed by atoms with Crippen molar-refractivity contribution in [2.75, 3.05) is 20.6 Å². The SMILES string of the molecule is CC.CC(C)C.CCCN(C)C. The molecule has 0 spiro atoms. The lowest BCUT2D eigenvalue weighted by Gasteiger charge is -2.03. The van der Waals surface area contributed by atoms with Crippen LogP contribution in [0.2, 0.25) is 0 Å². The summed E-state index contributed by atoms with van der Waals surface area (Å²) in [6.07, 6.45) is 1.26. The highest BCUT2D eigenvalue weighted by Gasteiger charge is 1.79. The van der Waals surface area contributed by atoms with Gasteiger partial charge >= 0.3 is 0 Å². The molecular formula is C11H29N. The van der Waals surface area contributed by atoms with E-state index in [1.165, 1.54) is 13.0 Å². The second-order valence-corrected chi connectivity index (χ2v) is 3.54. The first-order chi connectivity index (χ1) is 5.50. The van der Waals surface area contributed by atoms with Gasteiger partial charge in [0.25, 0.3) is 0 Å². The summed E-state index contributed by atoms with van der Waals surface area (Å²) in [6, 6.07) is 0. The number of rotatable bonds is 2. The minimum absolute atomic E-state index is 0.833. The minimum atomic E-state index is 0.833. The molecule has 0 atom stereocenters. The first-order valence-corrected chi connectivity index (χ1v) is 5.15. The van der Waals surface area contributed by atoms with Crippen LogP contribution >= 0.6 is 0 Å². The Morgan fingerprint density at radius 2 is 1.25 bits per heavy atom. The van der Waals surface area contributed by atoms with Crippen LogP contribution in [0.15, 0.2) is 0 Å². The van der Waals surface area contributed by atoms with Crippen molar-refractivity contribution < 1.29 is 0 Å². The summed E-state index contributed by atoms with van der Waals surface area (Å²) < 4.78 is 0. The molecule has 12 heavy (non-hydrogen) atoms. The average molecular weight is 175 g/mol. The molecule has 0 unspecified atom stereocenters. The zero-order valence-corrected chi connectivity index (χ0v) is 10.4. The summed E-state index contributed by atoms with van der Waals surface area (Å²) >= 11 is 0. The van der Waals surface area contributed by atoms with E-state index in [1.54, 1.807) is 0 Å². The minimum Gasteiger partial charge on any atom is -0.309 e. The normalized spacial score (nSPS) is 8.50. The molecule has 0 N–H and O–H groups in total. The Labute approximate surface area is 80.2 Å². The monoisotopic (exact) mass is 175 g/mol. The summed E-state index contributed by atoms with van der Waals surface area (Å²) in [4.78, 5) is 2.18. The van der Waals surface area contributed by atoms with E-state index in [0.717, 1.165) is 5.92 Å². The van der Waals surface area contributed by atoms with Crippen LogP contribution in [0, 0.1) is 5.92 Å². The summed E-state index contributed by atoms with van der Waals surface area (Å²) in [5, 5.41) is 0. The maximum absolute atomic E-state index is 2.18. The van der Waals surface area contributed by atoms with Crippen LogP contribution in [0.25, 0.3) is 0 Å². The molecule has 0 fully saturated rings. The van der Waals surface area contributed by atoms with E-state index < -0.39 is 0 Å². The fourth-order valence-corrected chi connectivity index (χ4v) is 0.447. The van der Waals surface area contributed by atoms with Gasteiger partial charge in [-0.2, -0.15) is 0 Å². The van der Waals surface area contributed by atoms with E-state index in [1.807, 2.05) is 13.8 Å². The Balaban J connectivity index is -0.000000118. The van der Waals surface area contributed by atoms with Crippen LogP contribution in [-0.2, 0) is 0 Å². The van der Waals surface area contributed by atoms with Gasteiger partial charge < -0.3 is 4.90 Å². The van der Waals surface area contributed by atoms with E-state index in [2.05, 4.69) is 46.7 Å². The first kappa shape index (κ1) is 17.9. The van der Waals surface area contributed by atoms with Crippen molar-refractivity contribution in [3.63, 3.8) is 0 Å². The van der Waals surface area contributed by atoms with Crippen molar-refractivity contribution in [3.8, 4) is 0 Å². The van der Waals surface area contributed by atoms with Crippen LogP contribution in [0.1, 0.15) is 48.0 Å². The molecule has 0 saturated heterocycles. The van der Waals surface area contributed by atoms with Crippen LogP contribution in [-0.4, -0.2) is 25.5 Å². The predicted octanol–water partition coefficient (Wildman–Crippen LogP) is 3.65. The quantitative estimate of drug-likeness (QED) is 0.619. The topological polar surface area (TPSA) is 3.24 Å². The number of hydrogen-bond donors (Lipinski definition) is 0. The molecule has 1 heteroatoms. The molecule has 0 radical (unpaired) electrons. The maximum atomic E-state index is 2.18. The third-order valence-electron chi connectivity index (χ3n) is 0.671. The van der Waals surface area contributed by atoms with E-state index in [-0.39, 0.29) is 0 Å².